The molecule has 0 aliphatic carbocycles. The summed E-state index contributed by atoms with van der Waals surface area (Å²) in [5.41, 5.74) is 7.86. The number of hydrogen-bond donors (Lipinski definition) is 1. The van der Waals surface area contributed by atoms with Crippen molar-refractivity contribution >= 4 is 23.2 Å². The number of hydrogen-bond acceptors (Lipinski definition) is 1. The molecule has 94 valence electrons. The Morgan fingerprint density at radius 3 is 2.33 bits per heavy atom. The summed E-state index contributed by atoms with van der Waals surface area (Å²) in [6, 6.07) is 9.81. The minimum Gasteiger partial charge on any atom is -0.330 e. The van der Waals surface area contributed by atoms with Crippen LogP contribution in [-0.2, 0) is 6.42 Å². The summed E-state index contributed by atoms with van der Waals surface area (Å²) in [5.74, 6) is -0.318. The lowest BCUT2D eigenvalue weighted by Gasteiger charge is -2.12. The standard InChI is InChI=1S/C14H12Cl2FN/c15-12-2-1-3-13(16)14(12)11-8-10(17)5-4-9(11)6-7-18/h1-5,8H,6-7,18H2. The zero-order valence-corrected chi connectivity index (χ0v) is 11.1. The zero-order chi connectivity index (χ0) is 13.1. The van der Waals surface area contributed by atoms with Crippen molar-refractivity contribution in [2.75, 3.05) is 6.54 Å². The molecule has 0 heterocycles. The van der Waals surface area contributed by atoms with Gasteiger partial charge in [0, 0.05) is 15.6 Å². The summed E-state index contributed by atoms with van der Waals surface area (Å²) in [4.78, 5) is 0. The van der Waals surface area contributed by atoms with Crippen LogP contribution in [0.25, 0.3) is 11.1 Å². The molecular formula is C14H12Cl2FN. The Labute approximate surface area is 115 Å². The van der Waals surface area contributed by atoms with E-state index < -0.39 is 0 Å². The molecule has 0 bridgehead atoms. The first-order chi connectivity index (χ1) is 8.63. The highest BCUT2D eigenvalue weighted by atomic mass is 35.5. The molecule has 0 amide bonds. The number of nitrogens with two attached hydrogens (primary N) is 1. The topological polar surface area (TPSA) is 26.0 Å². The average molecular weight is 284 g/mol. The number of halogens is 3. The smallest absolute Gasteiger partial charge is 0.123 e. The van der Waals surface area contributed by atoms with Gasteiger partial charge in [0.2, 0.25) is 0 Å². The summed E-state index contributed by atoms with van der Waals surface area (Å²) < 4.78 is 13.4. The Balaban J connectivity index is 2.65. The Morgan fingerprint density at radius 2 is 1.72 bits per heavy atom. The van der Waals surface area contributed by atoms with Crippen LogP contribution >= 0.6 is 23.2 Å². The Kier molecular flexibility index (Phi) is 4.23. The molecule has 0 saturated carbocycles. The van der Waals surface area contributed by atoms with E-state index in [2.05, 4.69) is 0 Å². The van der Waals surface area contributed by atoms with Gasteiger partial charge in [0.05, 0.1) is 0 Å². The molecule has 1 nitrogen and oxygen atoms in total. The molecule has 4 heteroatoms. The summed E-state index contributed by atoms with van der Waals surface area (Å²) in [7, 11) is 0. The third-order valence-corrected chi connectivity index (χ3v) is 3.35. The van der Waals surface area contributed by atoms with E-state index in [0.717, 1.165) is 5.56 Å². The zero-order valence-electron chi connectivity index (χ0n) is 9.59. The van der Waals surface area contributed by atoms with Crippen molar-refractivity contribution in [2.45, 2.75) is 6.42 Å². The van der Waals surface area contributed by atoms with Gasteiger partial charge in [-0.3, -0.25) is 0 Å². The number of rotatable bonds is 3. The van der Waals surface area contributed by atoms with Gasteiger partial charge in [-0.25, -0.2) is 4.39 Å². The van der Waals surface area contributed by atoms with Gasteiger partial charge in [-0.15, -0.1) is 0 Å². The lowest BCUT2D eigenvalue weighted by Crippen LogP contribution is -2.04. The third-order valence-electron chi connectivity index (χ3n) is 2.72. The van der Waals surface area contributed by atoms with Crippen LogP contribution in [0.2, 0.25) is 10.0 Å². The summed E-state index contributed by atoms with van der Waals surface area (Å²) in [6.45, 7) is 0.487. The van der Waals surface area contributed by atoms with Gasteiger partial charge in [0.25, 0.3) is 0 Å². The van der Waals surface area contributed by atoms with Crippen molar-refractivity contribution in [3.05, 3.63) is 57.8 Å². The van der Waals surface area contributed by atoms with E-state index in [4.69, 9.17) is 28.9 Å². The van der Waals surface area contributed by atoms with Crippen LogP contribution in [0.15, 0.2) is 36.4 Å². The van der Waals surface area contributed by atoms with E-state index in [0.29, 0.717) is 34.1 Å². The highest BCUT2D eigenvalue weighted by Gasteiger charge is 2.13. The average Bonchev–Trinajstić information content (AvgIpc) is 2.32. The molecule has 2 N–H and O–H groups in total. The predicted octanol–water partition coefficient (Wildman–Crippen LogP) is 4.30. The second-order valence-electron chi connectivity index (χ2n) is 3.94. The maximum atomic E-state index is 13.4. The number of benzene rings is 2. The SMILES string of the molecule is NCCc1ccc(F)cc1-c1c(Cl)cccc1Cl. The van der Waals surface area contributed by atoms with Crippen molar-refractivity contribution in [3.8, 4) is 11.1 Å². The van der Waals surface area contributed by atoms with E-state index in [1.54, 1.807) is 24.3 Å². The van der Waals surface area contributed by atoms with E-state index in [1.165, 1.54) is 12.1 Å². The first-order valence-electron chi connectivity index (χ1n) is 5.56. The fourth-order valence-electron chi connectivity index (χ4n) is 1.91. The molecule has 0 spiro atoms. The third kappa shape index (κ3) is 2.66. The first kappa shape index (κ1) is 13.3. The molecule has 0 unspecified atom stereocenters. The molecule has 0 radical (unpaired) electrons. The Bertz CT molecular complexity index is 549. The van der Waals surface area contributed by atoms with E-state index >= 15 is 0 Å². The van der Waals surface area contributed by atoms with Gasteiger partial charge in [0.15, 0.2) is 0 Å². The van der Waals surface area contributed by atoms with Crippen molar-refractivity contribution in [1.29, 1.82) is 0 Å². The second-order valence-corrected chi connectivity index (χ2v) is 4.75. The largest absolute Gasteiger partial charge is 0.330 e. The maximum absolute atomic E-state index is 13.4. The molecule has 2 aromatic rings. The fraction of sp³-hybridized carbons (Fsp3) is 0.143. The van der Waals surface area contributed by atoms with Crippen LogP contribution in [0.4, 0.5) is 4.39 Å². The van der Waals surface area contributed by atoms with Gasteiger partial charge in [-0.2, -0.15) is 0 Å². The second kappa shape index (κ2) is 5.70. The van der Waals surface area contributed by atoms with Gasteiger partial charge in [0.1, 0.15) is 5.82 Å². The molecule has 0 atom stereocenters. The van der Waals surface area contributed by atoms with Crippen LogP contribution in [0, 0.1) is 5.82 Å². The van der Waals surface area contributed by atoms with Crippen molar-refractivity contribution in [2.24, 2.45) is 5.73 Å². The highest BCUT2D eigenvalue weighted by molar-refractivity contribution is 6.39. The lowest BCUT2D eigenvalue weighted by atomic mass is 9.97. The molecule has 0 fully saturated rings. The van der Waals surface area contributed by atoms with E-state index in [1.807, 2.05) is 0 Å². The van der Waals surface area contributed by atoms with Crippen LogP contribution in [0.1, 0.15) is 5.56 Å². The monoisotopic (exact) mass is 283 g/mol. The maximum Gasteiger partial charge on any atom is 0.123 e. The minimum absolute atomic E-state index is 0.318. The Morgan fingerprint density at radius 1 is 1.06 bits per heavy atom. The molecule has 18 heavy (non-hydrogen) atoms. The summed E-state index contributed by atoms with van der Waals surface area (Å²) >= 11 is 12.3. The summed E-state index contributed by atoms with van der Waals surface area (Å²) in [6.07, 6.45) is 0.650. The van der Waals surface area contributed by atoms with Crippen LogP contribution in [0.3, 0.4) is 0 Å². The molecular weight excluding hydrogens is 272 g/mol. The van der Waals surface area contributed by atoms with Crippen LogP contribution in [-0.4, -0.2) is 6.54 Å². The Hall–Kier alpha value is -1.09. The first-order valence-corrected chi connectivity index (χ1v) is 6.32. The van der Waals surface area contributed by atoms with E-state index in [-0.39, 0.29) is 5.82 Å². The summed E-state index contributed by atoms with van der Waals surface area (Å²) in [5, 5.41) is 1.01. The quantitative estimate of drug-likeness (QED) is 0.893. The molecule has 0 aliphatic rings. The minimum atomic E-state index is -0.318. The van der Waals surface area contributed by atoms with Crippen molar-refractivity contribution in [3.63, 3.8) is 0 Å². The fourth-order valence-corrected chi connectivity index (χ4v) is 2.51. The molecule has 0 aromatic heterocycles. The van der Waals surface area contributed by atoms with E-state index in [9.17, 15) is 4.39 Å². The lowest BCUT2D eigenvalue weighted by molar-refractivity contribution is 0.627. The molecule has 0 aliphatic heterocycles. The predicted molar refractivity (Wildman–Crippen MR) is 74.6 cm³/mol. The van der Waals surface area contributed by atoms with Gasteiger partial charge < -0.3 is 5.73 Å². The highest BCUT2D eigenvalue weighted by Crippen LogP contribution is 2.36. The van der Waals surface area contributed by atoms with Crippen LogP contribution in [0.5, 0.6) is 0 Å². The molecule has 2 rings (SSSR count). The van der Waals surface area contributed by atoms with Gasteiger partial charge in [-0.05, 0) is 48.4 Å². The van der Waals surface area contributed by atoms with Gasteiger partial charge >= 0.3 is 0 Å². The van der Waals surface area contributed by atoms with Crippen molar-refractivity contribution < 1.29 is 4.39 Å². The van der Waals surface area contributed by atoms with Gasteiger partial charge in [-0.1, -0.05) is 35.3 Å². The molecule has 0 saturated heterocycles. The molecule has 2 aromatic carbocycles. The normalized spacial score (nSPS) is 10.7. The van der Waals surface area contributed by atoms with Crippen LogP contribution < -0.4 is 5.73 Å². The van der Waals surface area contributed by atoms with Crippen molar-refractivity contribution in [1.82, 2.24) is 0 Å².